The van der Waals surface area contributed by atoms with Crippen LogP contribution in [0.25, 0.3) is 0 Å². The van der Waals surface area contributed by atoms with E-state index in [1.165, 1.54) is 0 Å². The maximum atomic E-state index is 12.5. The second-order valence-corrected chi connectivity index (χ2v) is 4.59. The molecule has 1 aliphatic rings. The van der Waals surface area contributed by atoms with Gasteiger partial charge in [0.1, 0.15) is 0 Å². The fourth-order valence-electron chi connectivity index (χ4n) is 2.10. The largest absolute Gasteiger partial charge is 0.354 e. The molecular formula is C13H18N4O2. The van der Waals surface area contributed by atoms with Gasteiger partial charge in [0.2, 0.25) is 5.91 Å². The van der Waals surface area contributed by atoms with Crippen molar-refractivity contribution in [1.29, 1.82) is 0 Å². The number of carbonyl (C=O) groups is 2. The third kappa shape index (κ3) is 3.07. The van der Waals surface area contributed by atoms with Crippen LogP contribution in [0.2, 0.25) is 0 Å². The predicted molar refractivity (Wildman–Crippen MR) is 69.7 cm³/mol. The summed E-state index contributed by atoms with van der Waals surface area (Å²) in [5.41, 5.74) is 2.04. The van der Waals surface area contributed by atoms with Gasteiger partial charge in [-0.1, -0.05) is 6.92 Å². The number of hydrogen-bond acceptors (Lipinski definition) is 4. The molecule has 1 saturated heterocycles. The van der Waals surface area contributed by atoms with Crippen LogP contribution in [0.3, 0.4) is 0 Å². The first-order valence-electron chi connectivity index (χ1n) is 6.51. The van der Waals surface area contributed by atoms with E-state index < -0.39 is 0 Å². The second kappa shape index (κ2) is 5.77. The molecule has 0 aromatic carbocycles. The number of hydrogen-bond donors (Lipinski definition) is 1. The quantitative estimate of drug-likeness (QED) is 0.832. The topological polar surface area (TPSA) is 75.2 Å². The van der Waals surface area contributed by atoms with Gasteiger partial charge in [0.15, 0.2) is 0 Å². The minimum Gasteiger partial charge on any atom is -0.354 e. The van der Waals surface area contributed by atoms with Gasteiger partial charge in [-0.2, -0.15) is 10.2 Å². The fraction of sp³-hybridized carbons (Fsp3) is 0.538. The molecule has 0 unspecified atom stereocenters. The first kappa shape index (κ1) is 13.5. The monoisotopic (exact) mass is 262 g/mol. The van der Waals surface area contributed by atoms with Crippen molar-refractivity contribution >= 4 is 11.8 Å². The number of rotatable bonds is 2. The van der Waals surface area contributed by atoms with Gasteiger partial charge >= 0.3 is 0 Å². The Balaban J connectivity index is 2.23. The average Bonchev–Trinajstić information content (AvgIpc) is 2.62. The van der Waals surface area contributed by atoms with Gasteiger partial charge < -0.3 is 10.2 Å². The smallest absolute Gasteiger partial charge is 0.255 e. The molecule has 0 bridgehead atoms. The molecule has 0 radical (unpaired) electrons. The number of amides is 2. The van der Waals surface area contributed by atoms with Crippen molar-refractivity contribution in [2.45, 2.75) is 26.7 Å². The molecule has 0 atom stereocenters. The lowest BCUT2D eigenvalue weighted by atomic mass is 10.1. The van der Waals surface area contributed by atoms with Crippen LogP contribution in [0, 0.1) is 6.92 Å². The van der Waals surface area contributed by atoms with Crippen molar-refractivity contribution in [1.82, 2.24) is 20.4 Å². The molecule has 2 amide bonds. The summed E-state index contributed by atoms with van der Waals surface area (Å²) in [6.45, 7) is 5.26. The number of nitrogens with zero attached hydrogens (tertiary/aromatic N) is 3. The Labute approximate surface area is 112 Å². The molecule has 2 rings (SSSR count). The summed E-state index contributed by atoms with van der Waals surface area (Å²) in [6.07, 6.45) is 1.02. The van der Waals surface area contributed by atoms with Crippen molar-refractivity contribution in [2.24, 2.45) is 0 Å². The minimum atomic E-state index is -0.0636. The Bertz CT molecular complexity index is 501. The highest BCUT2D eigenvalue weighted by molar-refractivity contribution is 5.95. The Morgan fingerprint density at radius 2 is 2.21 bits per heavy atom. The van der Waals surface area contributed by atoms with Gasteiger partial charge in [0, 0.05) is 26.1 Å². The average molecular weight is 262 g/mol. The van der Waals surface area contributed by atoms with E-state index in [9.17, 15) is 9.59 Å². The molecule has 0 aliphatic carbocycles. The van der Waals surface area contributed by atoms with E-state index in [1.54, 1.807) is 11.0 Å². The highest BCUT2D eigenvalue weighted by atomic mass is 16.2. The Hall–Kier alpha value is -1.98. The first-order chi connectivity index (χ1) is 9.11. The molecule has 0 spiro atoms. The summed E-state index contributed by atoms with van der Waals surface area (Å²) in [5.74, 6) is -0.0681. The molecule has 6 heteroatoms. The summed E-state index contributed by atoms with van der Waals surface area (Å²) in [5, 5.41) is 10.8. The van der Waals surface area contributed by atoms with Crippen LogP contribution >= 0.6 is 0 Å². The van der Waals surface area contributed by atoms with Gasteiger partial charge in [-0.15, -0.1) is 0 Å². The minimum absolute atomic E-state index is 0.00458. The van der Waals surface area contributed by atoms with Crippen molar-refractivity contribution in [3.8, 4) is 0 Å². The highest BCUT2D eigenvalue weighted by Crippen LogP contribution is 2.12. The number of aromatic nitrogens is 2. The lowest BCUT2D eigenvalue weighted by Crippen LogP contribution is -2.35. The standard InChI is InChI=1S/C13H18N4O2/c1-3-11-10(8-9(2)15-16-11)13(19)17-6-4-12(18)14-5-7-17/h8H,3-7H2,1-2H3,(H,14,18). The molecule has 1 N–H and O–H groups in total. The number of carbonyl (C=O) groups excluding carboxylic acids is 2. The zero-order valence-corrected chi connectivity index (χ0v) is 11.3. The van der Waals surface area contributed by atoms with E-state index in [4.69, 9.17) is 0 Å². The normalized spacial score (nSPS) is 15.9. The summed E-state index contributed by atoms with van der Waals surface area (Å²) < 4.78 is 0. The molecule has 6 nitrogen and oxygen atoms in total. The number of aryl methyl sites for hydroxylation is 2. The van der Waals surface area contributed by atoms with Crippen molar-refractivity contribution in [3.05, 3.63) is 23.0 Å². The Morgan fingerprint density at radius 1 is 1.42 bits per heavy atom. The van der Waals surface area contributed by atoms with E-state index in [0.29, 0.717) is 43.7 Å². The molecule has 1 aromatic heterocycles. The molecule has 1 fully saturated rings. The van der Waals surface area contributed by atoms with Crippen molar-refractivity contribution in [2.75, 3.05) is 19.6 Å². The van der Waals surface area contributed by atoms with Gasteiger partial charge in [0.25, 0.3) is 5.91 Å². The van der Waals surface area contributed by atoms with Crippen molar-refractivity contribution < 1.29 is 9.59 Å². The maximum absolute atomic E-state index is 12.5. The van der Waals surface area contributed by atoms with E-state index >= 15 is 0 Å². The van der Waals surface area contributed by atoms with Gasteiger partial charge in [-0.3, -0.25) is 9.59 Å². The lowest BCUT2D eigenvalue weighted by Gasteiger charge is -2.20. The second-order valence-electron chi connectivity index (χ2n) is 4.59. The Morgan fingerprint density at radius 3 is 2.95 bits per heavy atom. The van der Waals surface area contributed by atoms with E-state index in [0.717, 1.165) is 5.69 Å². The lowest BCUT2D eigenvalue weighted by molar-refractivity contribution is -0.120. The van der Waals surface area contributed by atoms with E-state index in [2.05, 4.69) is 15.5 Å². The maximum Gasteiger partial charge on any atom is 0.255 e. The van der Waals surface area contributed by atoms with Gasteiger partial charge in [-0.05, 0) is 19.4 Å². The van der Waals surface area contributed by atoms with E-state index in [-0.39, 0.29) is 11.8 Å². The van der Waals surface area contributed by atoms with Crippen molar-refractivity contribution in [3.63, 3.8) is 0 Å². The van der Waals surface area contributed by atoms with Gasteiger partial charge in [0.05, 0.1) is 17.0 Å². The SMILES string of the molecule is CCc1nnc(C)cc1C(=O)N1CCNC(=O)CC1. The molecule has 1 aromatic rings. The van der Waals surface area contributed by atoms with Gasteiger partial charge in [-0.25, -0.2) is 0 Å². The zero-order valence-electron chi connectivity index (χ0n) is 11.3. The number of nitrogens with one attached hydrogen (secondary N) is 1. The van der Waals surface area contributed by atoms with Crippen LogP contribution < -0.4 is 5.32 Å². The molecule has 19 heavy (non-hydrogen) atoms. The van der Waals surface area contributed by atoms with Crippen LogP contribution in [-0.4, -0.2) is 46.5 Å². The highest BCUT2D eigenvalue weighted by Gasteiger charge is 2.22. The van der Waals surface area contributed by atoms with Crippen LogP contribution in [0.1, 0.15) is 35.1 Å². The summed E-state index contributed by atoms with van der Waals surface area (Å²) in [4.78, 5) is 25.5. The van der Waals surface area contributed by atoms with E-state index in [1.807, 2.05) is 13.8 Å². The molecular weight excluding hydrogens is 244 g/mol. The molecule has 0 saturated carbocycles. The molecule has 102 valence electrons. The zero-order chi connectivity index (χ0) is 13.8. The first-order valence-corrected chi connectivity index (χ1v) is 6.51. The van der Waals surface area contributed by atoms with Crippen LogP contribution in [0.15, 0.2) is 6.07 Å². The summed E-state index contributed by atoms with van der Waals surface area (Å²) >= 11 is 0. The predicted octanol–water partition coefficient (Wildman–Crippen LogP) is 0.310. The van der Waals surface area contributed by atoms with Crippen LogP contribution in [0.5, 0.6) is 0 Å². The molecule has 2 heterocycles. The van der Waals surface area contributed by atoms with Crippen LogP contribution in [0.4, 0.5) is 0 Å². The Kier molecular flexibility index (Phi) is 4.09. The fourth-order valence-corrected chi connectivity index (χ4v) is 2.10. The third-order valence-electron chi connectivity index (χ3n) is 3.16. The van der Waals surface area contributed by atoms with Crippen LogP contribution in [-0.2, 0) is 11.2 Å². The summed E-state index contributed by atoms with van der Waals surface area (Å²) in [6, 6.07) is 1.77. The third-order valence-corrected chi connectivity index (χ3v) is 3.16. The molecule has 1 aliphatic heterocycles. The summed E-state index contributed by atoms with van der Waals surface area (Å²) in [7, 11) is 0.